The van der Waals surface area contributed by atoms with Gasteiger partial charge >= 0.3 is 0 Å². The molecule has 4 rings (SSSR count). The van der Waals surface area contributed by atoms with Crippen molar-refractivity contribution >= 4 is 51.9 Å². The topological polar surface area (TPSA) is 58.6 Å². The molecule has 1 fully saturated rings. The number of rotatable bonds is 7. The molecule has 1 saturated heterocycles. The van der Waals surface area contributed by atoms with Crippen LogP contribution in [0.25, 0.3) is 6.08 Å². The van der Waals surface area contributed by atoms with Crippen molar-refractivity contribution in [1.82, 2.24) is 4.90 Å². The van der Waals surface area contributed by atoms with Crippen molar-refractivity contribution in [1.29, 1.82) is 0 Å². The third kappa shape index (κ3) is 5.88. The van der Waals surface area contributed by atoms with Crippen molar-refractivity contribution in [3.05, 3.63) is 94.9 Å². The van der Waals surface area contributed by atoms with Crippen molar-refractivity contribution in [3.8, 4) is 11.5 Å². The predicted octanol–water partition coefficient (Wildman–Crippen LogP) is 6.02. The average molecular weight is 475 g/mol. The highest BCUT2D eigenvalue weighted by Gasteiger charge is 2.32. The molecule has 5 nitrogen and oxygen atoms in total. The first-order valence-corrected chi connectivity index (χ1v) is 11.7. The minimum atomic E-state index is -0.192. The van der Waals surface area contributed by atoms with Gasteiger partial charge in [0, 0.05) is 18.7 Å². The lowest BCUT2D eigenvalue weighted by molar-refractivity contribution is -0.122. The number of anilines is 1. The first-order valence-electron chi connectivity index (χ1n) is 10.4. The number of ether oxygens (including phenoxy) is 1. The van der Waals surface area contributed by atoms with Gasteiger partial charge in [-0.1, -0.05) is 72.5 Å². The molecule has 1 N–H and O–H groups in total. The molecule has 3 aromatic carbocycles. The van der Waals surface area contributed by atoms with Gasteiger partial charge in [0.1, 0.15) is 15.8 Å². The number of nitrogens with one attached hydrogen (secondary N) is 1. The quantitative estimate of drug-likeness (QED) is 0.335. The molecule has 0 aliphatic carbocycles. The third-order valence-electron chi connectivity index (χ3n) is 4.99. The van der Waals surface area contributed by atoms with Crippen molar-refractivity contribution in [2.45, 2.75) is 13.3 Å². The molecular weight excluding hydrogens is 452 g/mol. The lowest BCUT2D eigenvalue weighted by Crippen LogP contribution is -2.31. The highest BCUT2D eigenvalue weighted by molar-refractivity contribution is 8.26. The number of hydrogen-bond acceptors (Lipinski definition) is 5. The number of nitrogens with zero attached hydrogens (tertiary/aromatic N) is 1. The summed E-state index contributed by atoms with van der Waals surface area (Å²) < 4.78 is 6.32. The van der Waals surface area contributed by atoms with Gasteiger partial charge in [-0.3, -0.25) is 14.5 Å². The monoisotopic (exact) mass is 474 g/mol. The number of hydrogen-bond donors (Lipinski definition) is 1. The smallest absolute Gasteiger partial charge is 0.266 e. The van der Waals surface area contributed by atoms with E-state index in [1.807, 2.05) is 85.8 Å². The summed E-state index contributed by atoms with van der Waals surface area (Å²) in [6, 6.07) is 24.6. The molecule has 0 spiro atoms. The van der Waals surface area contributed by atoms with Crippen molar-refractivity contribution < 1.29 is 14.3 Å². The molecule has 1 heterocycles. The molecule has 1 aliphatic heterocycles. The fourth-order valence-corrected chi connectivity index (χ4v) is 4.58. The van der Waals surface area contributed by atoms with Crippen molar-refractivity contribution in [3.63, 3.8) is 0 Å². The summed E-state index contributed by atoms with van der Waals surface area (Å²) in [7, 11) is 0. The van der Waals surface area contributed by atoms with E-state index >= 15 is 0 Å². The molecule has 166 valence electrons. The molecule has 0 bridgehead atoms. The second-order valence-corrected chi connectivity index (χ2v) is 9.11. The predicted molar refractivity (Wildman–Crippen MR) is 137 cm³/mol. The standard InChI is InChI=1S/C26H22N2O3S2/c1-18-8-5-6-13-22(18)27-24(29)14-15-28-25(30)23(33-26(28)32)17-19-9-7-12-21(16-19)31-20-10-3-2-4-11-20/h2-13,16-17H,14-15H2,1H3,(H,27,29)/b23-17-. The van der Waals surface area contributed by atoms with Gasteiger partial charge in [0.25, 0.3) is 5.91 Å². The summed E-state index contributed by atoms with van der Waals surface area (Å²) in [5, 5.41) is 2.89. The Morgan fingerprint density at radius 3 is 2.55 bits per heavy atom. The van der Waals surface area contributed by atoms with E-state index in [9.17, 15) is 9.59 Å². The Hall–Kier alpha value is -3.42. The van der Waals surface area contributed by atoms with Crippen LogP contribution in [0.4, 0.5) is 5.69 Å². The van der Waals surface area contributed by atoms with E-state index in [0.717, 1.165) is 22.6 Å². The van der Waals surface area contributed by atoms with Crippen LogP contribution in [0.15, 0.2) is 83.8 Å². The number of carbonyl (C=O) groups is 2. The number of benzene rings is 3. The summed E-state index contributed by atoms with van der Waals surface area (Å²) in [6.45, 7) is 2.17. The van der Waals surface area contributed by atoms with Gasteiger partial charge in [-0.2, -0.15) is 0 Å². The Bertz CT molecular complexity index is 1220. The fraction of sp³-hybridized carbons (Fsp3) is 0.115. The van der Waals surface area contributed by atoms with Crippen LogP contribution in [0.5, 0.6) is 11.5 Å². The van der Waals surface area contributed by atoms with Gasteiger partial charge in [0.15, 0.2) is 0 Å². The van der Waals surface area contributed by atoms with E-state index in [1.165, 1.54) is 16.7 Å². The normalized spacial score (nSPS) is 14.6. The van der Waals surface area contributed by atoms with E-state index < -0.39 is 0 Å². The molecular formula is C26H22N2O3S2. The summed E-state index contributed by atoms with van der Waals surface area (Å²) in [5.41, 5.74) is 2.59. The zero-order chi connectivity index (χ0) is 23.2. The Balaban J connectivity index is 1.39. The van der Waals surface area contributed by atoms with Gasteiger partial charge in [0.05, 0.1) is 4.91 Å². The van der Waals surface area contributed by atoms with Crippen LogP contribution in [-0.4, -0.2) is 27.6 Å². The minimum Gasteiger partial charge on any atom is -0.457 e. The van der Waals surface area contributed by atoms with Crippen LogP contribution in [0.3, 0.4) is 0 Å². The lowest BCUT2D eigenvalue weighted by atomic mass is 10.2. The average Bonchev–Trinajstić information content (AvgIpc) is 3.07. The molecule has 0 atom stereocenters. The van der Waals surface area contributed by atoms with E-state index in [-0.39, 0.29) is 24.8 Å². The van der Waals surface area contributed by atoms with Crippen LogP contribution >= 0.6 is 24.0 Å². The van der Waals surface area contributed by atoms with Gasteiger partial charge in [-0.15, -0.1) is 0 Å². The third-order valence-corrected chi connectivity index (χ3v) is 6.37. The Kier molecular flexibility index (Phi) is 7.22. The molecule has 3 aromatic rings. The molecule has 0 saturated carbocycles. The largest absolute Gasteiger partial charge is 0.457 e. The van der Waals surface area contributed by atoms with Crippen LogP contribution in [0.2, 0.25) is 0 Å². The number of amides is 2. The van der Waals surface area contributed by atoms with Gasteiger partial charge < -0.3 is 10.1 Å². The number of thiocarbonyl (C=S) groups is 1. The van der Waals surface area contributed by atoms with Crippen molar-refractivity contribution in [2.75, 3.05) is 11.9 Å². The molecule has 0 radical (unpaired) electrons. The highest BCUT2D eigenvalue weighted by atomic mass is 32.2. The zero-order valence-electron chi connectivity index (χ0n) is 18.0. The molecule has 0 aromatic heterocycles. The second-order valence-electron chi connectivity index (χ2n) is 7.43. The zero-order valence-corrected chi connectivity index (χ0v) is 19.6. The number of thioether (sulfide) groups is 1. The van der Waals surface area contributed by atoms with Crippen LogP contribution in [0.1, 0.15) is 17.5 Å². The summed E-state index contributed by atoms with van der Waals surface area (Å²) in [6.07, 6.45) is 1.96. The maximum atomic E-state index is 12.9. The van der Waals surface area contributed by atoms with E-state index in [2.05, 4.69) is 5.32 Å². The maximum absolute atomic E-state index is 12.9. The summed E-state index contributed by atoms with van der Waals surface area (Å²) in [5.74, 6) is 1.07. The number of aryl methyl sites for hydroxylation is 1. The van der Waals surface area contributed by atoms with E-state index in [0.29, 0.717) is 15.0 Å². The minimum absolute atomic E-state index is 0.159. The molecule has 2 amide bonds. The summed E-state index contributed by atoms with van der Waals surface area (Å²) in [4.78, 5) is 27.3. The van der Waals surface area contributed by atoms with Crippen LogP contribution < -0.4 is 10.1 Å². The molecule has 33 heavy (non-hydrogen) atoms. The maximum Gasteiger partial charge on any atom is 0.266 e. The van der Waals surface area contributed by atoms with Gasteiger partial charge in [-0.05, 0) is 54.5 Å². The first kappa shape index (κ1) is 22.8. The van der Waals surface area contributed by atoms with Crippen molar-refractivity contribution in [2.24, 2.45) is 0 Å². The van der Waals surface area contributed by atoms with E-state index in [4.69, 9.17) is 17.0 Å². The first-order chi connectivity index (χ1) is 16.0. The fourth-order valence-electron chi connectivity index (χ4n) is 3.28. The second kappa shape index (κ2) is 10.5. The molecule has 1 aliphatic rings. The summed E-state index contributed by atoms with van der Waals surface area (Å²) >= 11 is 6.64. The lowest BCUT2D eigenvalue weighted by Gasteiger charge is -2.14. The SMILES string of the molecule is Cc1ccccc1NC(=O)CCN1C(=O)/C(=C/c2cccc(Oc3ccccc3)c2)SC1=S. The Labute approximate surface area is 202 Å². The van der Waals surface area contributed by atoms with E-state index in [1.54, 1.807) is 6.08 Å². The highest BCUT2D eigenvalue weighted by Crippen LogP contribution is 2.33. The molecule has 0 unspecified atom stereocenters. The number of para-hydroxylation sites is 2. The Morgan fingerprint density at radius 2 is 1.76 bits per heavy atom. The van der Waals surface area contributed by atoms with Crippen LogP contribution in [0, 0.1) is 6.92 Å². The molecule has 7 heteroatoms. The number of carbonyl (C=O) groups excluding carboxylic acids is 2. The Morgan fingerprint density at radius 1 is 1.03 bits per heavy atom. The van der Waals surface area contributed by atoms with Crippen LogP contribution in [-0.2, 0) is 9.59 Å². The van der Waals surface area contributed by atoms with Gasteiger partial charge in [0.2, 0.25) is 5.91 Å². The van der Waals surface area contributed by atoms with Gasteiger partial charge in [-0.25, -0.2) is 0 Å².